The predicted octanol–water partition coefficient (Wildman–Crippen LogP) is 5.32. The van der Waals surface area contributed by atoms with Crippen LogP contribution in [0.5, 0.6) is 0 Å². The molecule has 0 bridgehead atoms. The smallest absolute Gasteiger partial charge is 0.0948 e. The van der Waals surface area contributed by atoms with Crippen molar-refractivity contribution in [3.63, 3.8) is 0 Å². The Labute approximate surface area is 178 Å². The summed E-state index contributed by atoms with van der Waals surface area (Å²) in [7, 11) is 17.6. The van der Waals surface area contributed by atoms with Crippen molar-refractivity contribution < 1.29 is 0 Å². The monoisotopic (exact) mass is 399 g/mol. The van der Waals surface area contributed by atoms with Crippen molar-refractivity contribution in [2.75, 3.05) is 63.4 Å². The second-order valence-corrected chi connectivity index (χ2v) is 7.37. The van der Waals surface area contributed by atoms with Crippen LogP contribution in [0, 0.1) is 0 Å². The maximum atomic E-state index is 3.93. The highest BCUT2D eigenvalue weighted by Crippen LogP contribution is 1.92. The van der Waals surface area contributed by atoms with Crippen LogP contribution in [0.15, 0.2) is 33.4 Å². The normalized spacial score (nSPS) is 9.64. The van der Waals surface area contributed by atoms with Gasteiger partial charge in [0.15, 0.2) is 0 Å². The predicted molar refractivity (Wildman–Crippen MR) is 135 cm³/mol. The molecule has 5 heteroatoms. The van der Waals surface area contributed by atoms with Gasteiger partial charge in [-0.2, -0.15) is 0 Å². The number of hydrogen-bond donors (Lipinski definition) is 0. The second-order valence-electron chi connectivity index (χ2n) is 7.37. The van der Waals surface area contributed by atoms with E-state index in [1.807, 2.05) is 93.8 Å². The lowest BCUT2D eigenvalue weighted by Crippen LogP contribution is -2.17. The van der Waals surface area contributed by atoms with Crippen molar-refractivity contribution in [1.29, 1.82) is 0 Å². The van der Waals surface area contributed by atoms with Crippen molar-refractivity contribution in [1.82, 2.24) is 14.7 Å². The Morgan fingerprint density at radius 1 is 0.607 bits per heavy atom. The van der Waals surface area contributed by atoms with Gasteiger partial charge in [0, 0.05) is 53.7 Å². The molecule has 0 rings (SSSR count). The molecule has 0 aromatic rings. The van der Waals surface area contributed by atoms with Crippen LogP contribution in [0.1, 0.15) is 55.4 Å². The Morgan fingerprint density at radius 3 is 0.893 bits per heavy atom. The summed E-state index contributed by atoms with van der Waals surface area (Å²) >= 11 is 0. The van der Waals surface area contributed by atoms with Gasteiger partial charge in [-0.3, -0.25) is 9.98 Å². The summed E-state index contributed by atoms with van der Waals surface area (Å²) in [6.45, 7) is 16.2. The van der Waals surface area contributed by atoms with E-state index in [1.165, 1.54) is 11.3 Å². The maximum Gasteiger partial charge on any atom is 0.0948 e. The van der Waals surface area contributed by atoms with Gasteiger partial charge >= 0.3 is 0 Å². The molecule has 0 radical (unpaired) electrons. The third-order valence-corrected chi connectivity index (χ3v) is 3.12. The van der Waals surface area contributed by atoms with Crippen molar-refractivity contribution in [2.45, 2.75) is 55.4 Å². The third-order valence-electron chi connectivity index (χ3n) is 3.12. The van der Waals surface area contributed by atoms with Crippen LogP contribution in [0.3, 0.4) is 0 Å². The molecular formula is C23H53N5. The maximum absolute atomic E-state index is 3.93. The van der Waals surface area contributed by atoms with Crippen molar-refractivity contribution in [3.8, 4) is 0 Å². The van der Waals surface area contributed by atoms with Gasteiger partial charge in [-0.05, 0) is 76.5 Å². The molecule has 0 N–H and O–H groups in total. The summed E-state index contributed by atoms with van der Waals surface area (Å²) < 4.78 is 0. The van der Waals surface area contributed by atoms with E-state index in [9.17, 15) is 0 Å². The van der Waals surface area contributed by atoms with Gasteiger partial charge in [-0.25, -0.2) is 0 Å². The first-order chi connectivity index (χ1) is 12.6. The topological polar surface area (TPSA) is 34.4 Å². The molecule has 0 spiro atoms. The average Bonchev–Trinajstić information content (AvgIpc) is 2.60. The lowest BCUT2D eigenvalue weighted by molar-refractivity contribution is 0.505. The van der Waals surface area contributed by atoms with E-state index in [4.69, 9.17) is 0 Å². The Bertz CT molecular complexity index is 380. The van der Waals surface area contributed by atoms with Crippen LogP contribution in [0.2, 0.25) is 0 Å². The zero-order valence-electron chi connectivity index (χ0n) is 22.4. The molecule has 0 aliphatic rings. The van der Waals surface area contributed by atoms with Crippen molar-refractivity contribution in [3.05, 3.63) is 23.4 Å². The number of aliphatic imine (C=N–C) groups is 2. The van der Waals surface area contributed by atoms with Gasteiger partial charge in [0.05, 0.1) is 5.84 Å². The van der Waals surface area contributed by atoms with E-state index >= 15 is 0 Å². The molecule has 28 heavy (non-hydrogen) atoms. The van der Waals surface area contributed by atoms with Gasteiger partial charge in [0.1, 0.15) is 0 Å². The molecule has 0 saturated carbocycles. The molecular weight excluding hydrogens is 346 g/mol. The first kappa shape index (κ1) is 37.2. The van der Waals surface area contributed by atoms with Crippen molar-refractivity contribution in [2.24, 2.45) is 9.98 Å². The standard InChI is InChI=1S/C6H13N.C5H12N2.C5H10.C4H9N.C3H9N/c1-5-6(2)7(3)4;1-5(6-2)7(3)4;1-4-5(2)3;1-4(2)5-3;1-4(2)3/h5H,1-4H3;1-4H3;4H,1-3H3;1-3H3;1-3H3/b6-5+;;;;. The highest BCUT2D eigenvalue weighted by atomic mass is 15.1. The summed E-state index contributed by atoms with van der Waals surface area (Å²) in [5.74, 6) is 1.06. The molecule has 0 atom stereocenters. The van der Waals surface area contributed by atoms with Crippen molar-refractivity contribution >= 4 is 11.5 Å². The third kappa shape index (κ3) is 64.4. The van der Waals surface area contributed by atoms with E-state index in [-0.39, 0.29) is 0 Å². The highest BCUT2D eigenvalue weighted by Gasteiger charge is 1.85. The molecule has 0 aliphatic carbocycles. The first-order valence-corrected chi connectivity index (χ1v) is 9.65. The van der Waals surface area contributed by atoms with Gasteiger partial charge < -0.3 is 14.7 Å². The average molecular weight is 400 g/mol. The Balaban J connectivity index is -0.0000000801. The fourth-order valence-corrected chi connectivity index (χ4v) is 0.458. The molecule has 0 unspecified atom stereocenters. The summed E-state index contributed by atoms with van der Waals surface area (Å²) in [6, 6.07) is 0. The lowest BCUT2D eigenvalue weighted by Gasteiger charge is -2.10. The van der Waals surface area contributed by atoms with Crippen LogP contribution in [0.25, 0.3) is 0 Å². The van der Waals surface area contributed by atoms with Crippen LogP contribution >= 0.6 is 0 Å². The Morgan fingerprint density at radius 2 is 0.893 bits per heavy atom. The van der Waals surface area contributed by atoms with E-state index < -0.39 is 0 Å². The van der Waals surface area contributed by atoms with Crippen LogP contribution < -0.4 is 0 Å². The fraction of sp³-hybridized carbons (Fsp3) is 0.739. The summed E-state index contributed by atoms with van der Waals surface area (Å²) in [5.41, 5.74) is 3.81. The quantitative estimate of drug-likeness (QED) is 0.340. The molecule has 0 saturated heterocycles. The zero-order valence-corrected chi connectivity index (χ0v) is 22.4. The second kappa shape index (κ2) is 27.6. The minimum Gasteiger partial charge on any atom is -0.381 e. The Kier molecular flexibility index (Phi) is 36.6. The minimum absolute atomic E-state index is 1.06. The molecule has 0 aromatic carbocycles. The molecule has 0 aliphatic heterocycles. The number of nitrogens with zero attached hydrogens (tertiary/aromatic N) is 5. The number of allylic oxidation sites excluding steroid dienone is 4. The van der Waals surface area contributed by atoms with Crippen LogP contribution in [-0.2, 0) is 0 Å². The molecule has 0 amide bonds. The largest absolute Gasteiger partial charge is 0.381 e. The van der Waals surface area contributed by atoms with Gasteiger partial charge in [0.25, 0.3) is 0 Å². The van der Waals surface area contributed by atoms with E-state index in [0.29, 0.717) is 0 Å². The van der Waals surface area contributed by atoms with Gasteiger partial charge in [0.2, 0.25) is 0 Å². The zero-order chi connectivity index (χ0) is 23.9. The fourth-order valence-electron chi connectivity index (χ4n) is 0.458. The summed E-state index contributed by atoms with van der Waals surface area (Å²) in [5, 5.41) is 0. The Hall–Kier alpha value is -1.62. The molecule has 5 nitrogen and oxygen atoms in total. The van der Waals surface area contributed by atoms with Gasteiger partial charge in [-0.1, -0.05) is 17.7 Å². The van der Waals surface area contributed by atoms with Crippen LogP contribution in [0.4, 0.5) is 0 Å². The SMILES string of the molecule is C/C=C(\C)N(C)C.CC=C(C)C.CN(C)C.CN=C(C)C.CN=C(C)N(C)C. The molecule has 0 fully saturated rings. The first-order valence-electron chi connectivity index (χ1n) is 9.65. The van der Waals surface area contributed by atoms with Gasteiger partial charge in [-0.15, -0.1) is 0 Å². The minimum atomic E-state index is 1.06. The molecule has 170 valence electrons. The highest BCUT2D eigenvalue weighted by molar-refractivity contribution is 5.79. The summed E-state index contributed by atoms with van der Waals surface area (Å²) in [4.78, 5) is 13.8. The molecule has 0 aromatic heterocycles. The number of amidine groups is 1. The van der Waals surface area contributed by atoms with E-state index in [0.717, 1.165) is 11.5 Å². The number of hydrogen-bond acceptors (Lipinski definition) is 4. The van der Waals surface area contributed by atoms with E-state index in [1.54, 1.807) is 14.1 Å². The summed E-state index contributed by atoms with van der Waals surface area (Å²) in [6.07, 6.45) is 4.17. The lowest BCUT2D eigenvalue weighted by atomic mass is 10.3. The molecule has 0 heterocycles. The number of rotatable bonds is 1. The van der Waals surface area contributed by atoms with Crippen LogP contribution in [-0.4, -0.2) is 89.7 Å². The van der Waals surface area contributed by atoms with E-state index in [2.05, 4.69) is 47.8 Å².